The minimum Gasteiger partial charge on any atom is -0.333 e. The predicted octanol–water partition coefficient (Wildman–Crippen LogP) is -2.37. The van der Waals surface area contributed by atoms with Crippen molar-refractivity contribution in [3.8, 4) is 12.1 Å². The van der Waals surface area contributed by atoms with Gasteiger partial charge in [0.25, 0.3) is 0 Å². The molecule has 6 heterocycles. The van der Waals surface area contributed by atoms with Crippen LogP contribution in [0, 0.1) is 63.6 Å². The predicted molar refractivity (Wildman–Crippen MR) is 417 cm³/mol. The molecule has 0 radical (unpaired) electrons. The van der Waals surface area contributed by atoms with Gasteiger partial charge in [-0.1, -0.05) is 182 Å². The molecule has 0 aliphatic rings. The number of rotatable bonds is 18. The fraction of sp³-hybridized carbons (Fsp3) is 0.244. The molecular formula is C82H96Cl4Fe2N20O16. The number of nitrogens with zero attached hydrogens (tertiary/aromatic N) is 20. The fourth-order valence-electron chi connectivity index (χ4n) is 8.99. The maximum atomic E-state index is 8.49. The van der Waals surface area contributed by atoms with Crippen LogP contribution in [0.5, 0.6) is 0 Å². The summed E-state index contributed by atoms with van der Waals surface area (Å²) >= 11 is 0. The molecule has 42 heteroatoms. The normalized spacial score (nSPS) is 12.2. The van der Waals surface area contributed by atoms with E-state index in [1.807, 2.05) is 253 Å². The Labute approximate surface area is 750 Å². The first-order valence-corrected chi connectivity index (χ1v) is 40.8. The second kappa shape index (κ2) is 64.0. The number of aliphatic imine (C=N–C) groups is 6. The van der Waals surface area contributed by atoms with Crippen molar-refractivity contribution in [1.29, 1.82) is 10.5 Å². The number of imidazole rings is 6. The molecule has 6 aromatic heterocycles. The third-order valence-electron chi connectivity index (χ3n) is 15.3. The molecule has 0 unspecified atom stereocenters. The first-order valence-electron chi connectivity index (χ1n) is 35.9. The quantitative estimate of drug-likeness (QED) is 0.0640. The summed E-state index contributed by atoms with van der Waals surface area (Å²) in [6, 6.07) is 65.9. The Balaban J connectivity index is 0. The van der Waals surface area contributed by atoms with E-state index in [9.17, 15) is 0 Å². The van der Waals surface area contributed by atoms with Crippen molar-refractivity contribution in [3.05, 3.63) is 325 Å². The number of halogens is 4. The number of aryl methyl sites for hydroxylation is 6. The fourth-order valence-corrected chi connectivity index (χ4v) is 8.99. The summed E-state index contributed by atoms with van der Waals surface area (Å²) in [7, 11) is -8.02. The second-order valence-corrected chi connectivity index (χ2v) is 27.5. The zero-order chi connectivity index (χ0) is 91.7. The minimum absolute atomic E-state index is 0. The standard InChI is InChI=1S/6C13H15N3.2C2H3N.4ClHO4.2Fe/c6*1-11(12-6-4-3-5-7-12)15-10-13-14-8-9-16(13)2;2*1-2-3;4*2-1(3,4)5;;/h6*3-11H,1-2H3;2*1H3;4*(H,2,3,4,5);;/q;;;;;;;;;;;;2*+2/p-4/t6*11-;;;;;;;;/m111111......../s1. The van der Waals surface area contributed by atoms with Crippen molar-refractivity contribution in [2.24, 2.45) is 72.2 Å². The molecule has 12 aromatic rings. The molecule has 0 saturated heterocycles. The molecule has 0 amide bonds. The van der Waals surface area contributed by atoms with Crippen LogP contribution in [0.25, 0.3) is 0 Å². The van der Waals surface area contributed by atoms with Crippen LogP contribution < -0.4 is 74.5 Å². The van der Waals surface area contributed by atoms with Gasteiger partial charge in [0.1, 0.15) is 34.9 Å². The zero-order valence-electron chi connectivity index (χ0n) is 69.9. The van der Waals surface area contributed by atoms with Gasteiger partial charge < -0.3 is 27.4 Å². The maximum Gasteiger partial charge on any atom is 2.00 e. The first kappa shape index (κ1) is 115. The summed E-state index contributed by atoms with van der Waals surface area (Å²) in [5, 5.41) is 14.6. The molecule has 12 rings (SSSR count). The molecule has 0 fully saturated rings. The van der Waals surface area contributed by atoms with Crippen LogP contribution in [0.4, 0.5) is 0 Å². The molecule has 664 valence electrons. The van der Waals surface area contributed by atoms with Gasteiger partial charge in [-0.05, 0) is 74.9 Å². The van der Waals surface area contributed by atoms with E-state index in [1.165, 1.54) is 47.2 Å². The topological polar surface area (TPSA) is 598 Å². The summed E-state index contributed by atoms with van der Waals surface area (Å²) in [6.45, 7) is 15.3. The summed E-state index contributed by atoms with van der Waals surface area (Å²) < 4.78 is 148. The van der Waals surface area contributed by atoms with Crippen LogP contribution in [0.3, 0.4) is 0 Å². The van der Waals surface area contributed by atoms with Gasteiger partial charge in [0.2, 0.25) is 0 Å². The smallest absolute Gasteiger partial charge is 0.333 e. The van der Waals surface area contributed by atoms with E-state index >= 15 is 0 Å². The van der Waals surface area contributed by atoms with Gasteiger partial charge in [0, 0.05) is 130 Å². The Bertz CT molecular complexity index is 4200. The van der Waals surface area contributed by atoms with Gasteiger partial charge in [-0.3, -0.25) is 30.0 Å². The van der Waals surface area contributed by atoms with E-state index in [1.54, 1.807) is 49.3 Å². The first-order chi connectivity index (χ1) is 57.5. The van der Waals surface area contributed by atoms with Crippen molar-refractivity contribution < 1.29 is 150 Å². The molecule has 0 N–H and O–H groups in total. The Kier molecular flexibility index (Phi) is 59.4. The van der Waals surface area contributed by atoms with Gasteiger partial charge >= 0.3 is 34.1 Å². The number of hydrogen-bond donors (Lipinski definition) is 0. The largest absolute Gasteiger partial charge is 2.00 e. The molecule has 0 aliphatic heterocycles. The van der Waals surface area contributed by atoms with Crippen molar-refractivity contribution in [1.82, 2.24) is 57.3 Å². The number of aromatic nitrogens is 12. The Hall–Kier alpha value is -10.9. The minimum atomic E-state index is -4.94. The van der Waals surface area contributed by atoms with Crippen LogP contribution >= 0.6 is 0 Å². The van der Waals surface area contributed by atoms with Crippen LogP contribution in [0.2, 0.25) is 0 Å². The third kappa shape index (κ3) is 59.0. The number of benzene rings is 6. The molecule has 0 aliphatic carbocycles. The average molecular weight is 1870 g/mol. The molecule has 6 aromatic carbocycles. The summed E-state index contributed by atoms with van der Waals surface area (Å²) in [4.78, 5) is 52.1. The summed E-state index contributed by atoms with van der Waals surface area (Å²) in [5.41, 5.74) is 7.29. The van der Waals surface area contributed by atoms with Crippen molar-refractivity contribution in [2.45, 2.75) is 91.6 Å². The van der Waals surface area contributed by atoms with Crippen molar-refractivity contribution in [2.75, 3.05) is 0 Å². The Morgan fingerprint density at radius 1 is 0.250 bits per heavy atom. The number of nitriles is 2. The maximum absolute atomic E-state index is 8.49. The van der Waals surface area contributed by atoms with Gasteiger partial charge in [-0.2, -0.15) is 10.5 Å². The van der Waals surface area contributed by atoms with E-state index < -0.39 is 41.0 Å². The molecule has 36 nitrogen and oxygen atoms in total. The molecule has 0 spiro atoms. The van der Waals surface area contributed by atoms with Gasteiger partial charge in [-0.25, -0.2) is 104 Å². The van der Waals surface area contributed by atoms with E-state index in [4.69, 9.17) is 85.1 Å². The molecule has 124 heavy (non-hydrogen) atoms. The van der Waals surface area contributed by atoms with Crippen LogP contribution in [-0.2, 0) is 76.4 Å². The SMILES string of the molecule is CC#N.CC#N.C[C@@H](N=Cc1nccn1C)c1ccccc1.C[C@@H](N=Cc1nccn1C)c1ccccc1.C[C@@H](N=Cc1nccn1C)c1ccccc1.C[C@@H](N=Cc1nccn1C)c1ccccc1.C[C@@H](N=Cc1nccn1C)c1ccccc1.C[C@@H](N=Cc1nccn1C)c1ccccc1.[Fe+2].[Fe+2].[O-][Cl+3]([O-])([O-])[O-].[O-][Cl+3]([O-])([O-])[O-].[O-][Cl+3]([O-])([O-])[O-].[O-][Cl+3]([O-])([O-])[O-]. The average Bonchev–Trinajstić information content (AvgIpc) is 1.69. The van der Waals surface area contributed by atoms with Gasteiger partial charge in [0.15, 0.2) is 0 Å². The Morgan fingerprint density at radius 3 is 0.427 bits per heavy atom. The monoisotopic (exact) mass is 1870 g/mol. The van der Waals surface area contributed by atoms with E-state index in [-0.39, 0.29) is 70.4 Å². The zero-order valence-corrected chi connectivity index (χ0v) is 75.1. The molecule has 0 saturated carbocycles. The summed E-state index contributed by atoms with van der Waals surface area (Å²) in [6.07, 6.45) is 33.0. The van der Waals surface area contributed by atoms with E-state index in [0.29, 0.717) is 0 Å². The summed E-state index contributed by atoms with van der Waals surface area (Å²) in [5.74, 6) is 5.27. The van der Waals surface area contributed by atoms with Crippen LogP contribution in [-0.4, -0.2) is 94.6 Å². The molecular weight excluding hydrogens is 1770 g/mol. The van der Waals surface area contributed by atoms with Gasteiger partial charge in [0.05, 0.1) is 85.7 Å². The van der Waals surface area contributed by atoms with Crippen LogP contribution in [0.15, 0.2) is 286 Å². The van der Waals surface area contributed by atoms with E-state index in [0.717, 1.165) is 34.9 Å². The van der Waals surface area contributed by atoms with Crippen molar-refractivity contribution in [3.63, 3.8) is 0 Å². The number of hydrogen-bond acceptors (Lipinski definition) is 30. The van der Waals surface area contributed by atoms with Gasteiger partial charge in [-0.15, -0.1) is 41.0 Å². The van der Waals surface area contributed by atoms with Crippen molar-refractivity contribution >= 4 is 37.3 Å². The third-order valence-corrected chi connectivity index (χ3v) is 15.3. The van der Waals surface area contributed by atoms with E-state index in [2.05, 4.69) is 174 Å². The van der Waals surface area contributed by atoms with Crippen LogP contribution in [0.1, 0.15) is 160 Å². The second-order valence-electron chi connectivity index (χ2n) is 24.5. The molecule has 0 bridgehead atoms. The Morgan fingerprint density at radius 2 is 0.347 bits per heavy atom. The molecule has 6 atom stereocenters.